The van der Waals surface area contributed by atoms with Crippen LogP contribution in [-0.2, 0) is 17.5 Å². The van der Waals surface area contributed by atoms with E-state index in [1.54, 1.807) is 26.0 Å². The largest absolute Gasteiger partial charge is 0.496 e. The van der Waals surface area contributed by atoms with E-state index in [-0.39, 0.29) is 30.5 Å². The van der Waals surface area contributed by atoms with Gasteiger partial charge < -0.3 is 19.4 Å². The van der Waals surface area contributed by atoms with Gasteiger partial charge in [0.05, 0.1) is 34.6 Å². The van der Waals surface area contributed by atoms with Crippen LogP contribution in [0.4, 0.5) is 13.2 Å². The van der Waals surface area contributed by atoms with Gasteiger partial charge in [0.15, 0.2) is 0 Å². The third-order valence-corrected chi connectivity index (χ3v) is 6.97. The zero-order chi connectivity index (χ0) is 29.7. The number of hydrogen-bond acceptors (Lipinski definition) is 6. The van der Waals surface area contributed by atoms with Crippen LogP contribution in [0.25, 0.3) is 0 Å². The Kier molecular flexibility index (Phi) is 5.72. The molecule has 1 saturated heterocycles. The first-order valence-electron chi connectivity index (χ1n) is 13.7. The second-order valence-electron chi connectivity index (χ2n) is 9.65. The molecule has 38 heavy (non-hydrogen) atoms. The molecule has 2 aromatic heterocycles. The first-order valence-corrected chi connectivity index (χ1v) is 12.2. The van der Waals surface area contributed by atoms with E-state index < -0.39 is 49.4 Å². The van der Waals surface area contributed by atoms with E-state index in [2.05, 4.69) is 15.4 Å². The van der Waals surface area contributed by atoms with Crippen LogP contribution in [0.15, 0.2) is 34.9 Å². The molecule has 1 aromatic carbocycles. The van der Waals surface area contributed by atoms with Crippen LogP contribution in [0.1, 0.15) is 74.2 Å². The summed E-state index contributed by atoms with van der Waals surface area (Å²) in [6.07, 6.45) is -1.63. The van der Waals surface area contributed by atoms with Crippen molar-refractivity contribution in [2.24, 2.45) is 0 Å². The maximum absolute atomic E-state index is 13.8. The number of aryl methyl sites for hydroxylation is 1. The number of carbonyl (C=O) groups excluding carboxylic acids is 2. The van der Waals surface area contributed by atoms with Gasteiger partial charge in [-0.3, -0.25) is 14.3 Å². The van der Waals surface area contributed by atoms with E-state index in [0.717, 1.165) is 18.9 Å². The van der Waals surface area contributed by atoms with Gasteiger partial charge in [-0.15, -0.1) is 0 Å². The summed E-state index contributed by atoms with van der Waals surface area (Å²) in [5.41, 5.74) is 0.676. The average molecular weight is 535 g/mol. The van der Waals surface area contributed by atoms with Crippen molar-refractivity contribution in [3.05, 3.63) is 64.6 Å². The molecule has 0 bridgehead atoms. The lowest BCUT2D eigenvalue weighted by Crippen LogP contribution is -2.42. The van der Waals surface area contributed by atoms with Crippen molar-refractivity contribution in [3.8, 4) is 5.75 Å². The summed E-state index contributed by atoms with van der Waals surface area (Å²) in [7, 11) is -2.74. The Labute approximate surface area is 221 Å². The van der Waals surface area contributed by atoms with Crippen LogP contribution >= 0.6 is 0 Å². The van der Waals surface area contributed by atoms with Gasteiger partial charge >= 0.3 is 12.1 Å². The quantitative estimate of drug-likeness (QED) is 0.488. The number of hydrogen-bond donors (Lipinski definition) is 1. The second-order valence-corrected chi connectivity index (χ2v) is 9.65. The minimum absolute atomic E-state index is 0.0472. The molecule has 3 aromatic rings. The fraction of sp³-hybridized carbons (Fsp3) is 0.462. The number of ether oxygens (including phenoxy) is 1. The van der Waals surface area contributed by atoms with Crippen molar-refractivity contribution in [2.75, 3.05) is 13.6 Å². The van der Waals surface area contributed by atoms with Crippen molar-refractivity contribution >= 4 is 11.8 Å². The van der Waals surface area contributed by atoms with E-state index in [1.165, 1.54) is 17.2 Å². The van der Waals surface area contributed by atoms with Gasteiger partial charge in [-0.2, -0.15) is 18.3 Å². The molecule has 0 unspecified atom stereocenters. The van der Waals surface area contributed by atoms with E-state index in [4.69, 9.17) is 13.3 Å². The molecule has 1 N–H and O–H groups in total. The highest BCUT2D eigenvalue weighted by Crippen LogP contribution is 2.42. The molecule has 3 heterocycles. The number of nitrogens with zero attached hydrogens (tertiary/aromatic N) is 4. The summed E-state index contributed by atoms with van der Waals surface area (Å²) in [5, 5.41) is 6.93. The predicted molar refractivity (Wildman–Crippen MR) is 129 cm³/mol. The molecule has 1 aliphatic heterocycles. The number of oxazole rings is 1. The zero-order valence-electron chi connectivity index (χ0n) is 23.7. The van der Waals surface area contributed by atoms with Crippen LogP contribution in [0.5, 0.6) is 5.75 Å². The number of nitrogens with one attached hydrogen (secondary N) is 1. The lowest BCUT2D eigenvalue weighted by molar-refractivity contribution is -0.146. The average Bonchev–Trinajstić information content (AvgIpc) is 3.26. The van der Waals surface area contributed by atoms with Crippen LogP contribution in [0.3, 0.4) is 0 Å². The van der Waals surface area contributed by atoms with Gasteiger partial charge in [0, 0.05) is 12.5 Å². The van der Waals surface area contributed by atoms with Crippen LogP contribution in [0.2, 0.25) is 0 Å². The first kappa shape index (κ1) is 22.2. The molecular formula is C26H28F3N5O4. The van der Waals surface area contributed by atoms with Gasteiger partial charge in [-0.05, 0) is 56.4 Å². The number of methoxy groups -OCH3 is 1. The number of benzene rings is 1. The molecule has 0 spiro atoms. The molecular weight excluding hydrogens is 503 g/mol. The maximum Gasteiger partial charge on any atom is 0.433 e. The molecule has 2 aliphatic rings. The van der Waals surface area contributed by atoms with E-state index in [9.17, 15) is 22.8 Å². The normalized spacial score (nSPS) is 21.1. The zero-order valence-corrected chi connectivity index (χ0v) is 20.7. The summed E-state index contributed by atoms with van der Waals surface area (Å²) in [5.74, 6) is -1.45. The third kappa shape index (κ3) is 4.99. The summed E-state index contributed by atoms with van der Waals surface area (Å²) >= 11 is 0. The first-order chi connectivity index (χ1) is 19.2. The molecule has 5 rings (SSSR count). The van der Waals surface area contributed by atoms with Gasteiger partial charge in [0.25, 0.3) is 5.89 Å². The standard InChI is InChI=1S/C26H28F3N5O4/c1-14-13-38-25(30-14)24(36)31-18-9-10-33(23(18)17-5-4-6-20(37-3)15(17)2)22(35)12-34-21(26(27,28)29)11-19(32-34)16-7-8-16/h4-6,11,13,16,18,23H,7-10,12H2,1-3H3,(H,31,36)/t18-,23-/m1/s1/i3D3. The Bertz CT molecular complexity index is 1470. The summed E-state index contributed by atoms with van der Waals surface area (Å²) in [6, 6.07) is 4.13. The summed E-state index contributed by atoms with van der Waals surface area (Å²) < 4.78 is 74.9. The summed E-state index contributed by atoms with van der Waals surface area (Å²) in [6.45, 7) is 2.71. The number of amides is 2. The maximum atomic E-state index is 13.8. The number of carbonyl (C=O) groups is 2. The fourth-order valence-electron chi connectivity index (χ4n) is 4.94. The van der Waals surface area contributed by atoms with E-state index in [1.807, 2.05) is 0 Å². The van der Waals surface area contributed by atoms with Gasteiger partial charge in [0.1, 0.15) is 24.3 Å². The molecule has 2 atom stereocenters. The number of halogens is 3. The lowest BCUT2D eigenvalue weighted by atomic mass is 9.95. The second kappa shape index (κ2) is 9.80. The topological polar surface area (TPSA) is 102 Å². The molecule has 12 heteroatoms. The molecule has 2 amide bonds. The lowest BCUT2D eigenvalue weighted by Gasteiger charge is -2.30. The minimum atomic E-state index is -4.70. The molecule has 0 radical (unpaired) electrons. The Morgan fingerprint density at radius 1 is 1.26 bits per heavy atom. The molecule has 1 aliphatic carbocycles. The van der Waals surface area contributed by atoms with Crippen molar-refractivity contribution in [1.82, 2.24) is 25.0 Å². The highest BCUT2D eigenvalue weighted by molar-refractivity contribution is 5.90. The van der Waals surface area contributed by atoms with Crippen molar-refractivity contribution in [1.29, 1.82) is 0 Å². The van der Waals surface area contributed by atoms with Crippen molar-refractivity contribution < 1.29 is 36.0 Å². The highest BCUT2D eigenvalue weighted by Gasteiger charge is 2.43. The highest BCUT2D eigenvalue weighted by atomic mass is 19.4. The molecule has 202 valence electrons. The molecule has 9 nitrogen and oxygen atoms in total. The SMILES string of the molecule is [2H]C([2H])([2H])Oc1cccc([C@@H]2[C@H](NC(=O)c3nc(C)co3)CCN2C(=O)Cn2nc(C3CC3)cc2C(F)(F)F)c1C. The van der Waals surface area contributed by atoms with Gasteiger partial charge in [-0.1, -0.05) is 12.1 Å². The van der Waals surface area contributed by atoms with E-state index in [0.29, 0.717) is 27.2 Å². The van der Waals surface area contributed by atoms with Crippen LogP contribution < -0.4 is 10.1 Å². The number of likely N-dealkylation sites (tertiary alicyclic amines) is 1. The third-order valence-electron chi connectivity index (χ3n) is 6.97. The van der Waals surface area contributed by atoms with Gasteiger partial charge in [-0.25, -0.2) is 4.98 Å². The number of alkyl halides is 3. The Balaban J connectivity index is 1.48. The van der Waals surface area contributed by atoms with Crippen LogP contribution in [0, 0.1) is 13.8 Å². The fourth-order valence-corrected chi connectivity index (χ4v) is 4.94. The number of aromatic nitrogens is 3. The smallest absolute Gasteiger partial charge is 0.433 e. The predicted octanol–water partition coefficient (Wildman–Crippen LogP) is 4.16. The molecule has 1 saturated carbocycles. The summed E-state index contributed by atoms with van der Waals surface area (Å²) in [4.78, 5) is 32.0. The van der Waals surface area contributed by atoms with E-state index >= 15 is 0 Å². The Morgan fingerprint density at radius 3 is 2.71 bits per heavy atom. The monoisotopic (exact) mass is 534 g/mol. The van der Waals surface area contributed by atoms with Crippen molar-refractivity contribution in [2.45, 2.75) is 63.8 Å². The van der Waals surface area contributed by atoms with Crippen molar-refractivity contribution in [3.63, 3.8) is 0 Å². The minimum Gasteiger partial charge on any atom is -0.496 e. The Morgan fingerprint density at radius 2 is 2.05 bits per heavy atom. The van der Waals surface area contributed by atoms with Gasteiger partial charge in [0.2, 0.25) is 5.91 Å². The number of rotatable bonds is 7. The molecule has 2 fully saturated rings. The Hall–Kier alpha value is -3.83. The van der Waals surface area contributed by atoms with Crippen LogP contribution in [-0.4, -0.2) is 51.1 Å².